The minimum Gasteiger partial charge on any atom is -0.334 e. The third-order valence-corrected chi connectivity index (χ3v) is 3.01. The van der Waals surface area contributed by atoms with Crippen LogP contribution in [0.1, 0.15) is 30.6 Å². The predicted molar refractivity (Wildman–Crippen MR) is 65.9 cm³/mol. The Morgan fingerprint density at radius 3 is 2.82 bits per heavy atom. The Kier molecular flexibility index (Phi) is 4.24. The highest BCUT2D eigenvalue weighted by Gasteiger charge is 2.25. The number of benzene rings is 1. The molecule has 5 heteroatoms. The first-order valence-electron chi connectivity index (χ1n) is 5.10. The Morgan fingerprint density at radius 1 is 1.65 bits per heavy atom. The van der Waals surface area contributed by atoms with Crippen molar-refractivity contribution in [2.45, 2.75) is 25.8 Å². The van der Waals surface area contributed by atoms with Crippen LogP contribution >= 0.6 is 15.9 Å². The van der Waals surface area contributed by atoms with Gasteiger partial charge in [0, 0.05) is 4.47 Å². The van der Waals surface area contributed by atoms with Crippen molar-refractivity contribution in [3.63, 3.8) is 0 Å². The molecule has 0 unspecified atom stereocenters. The Morgan fingerprint density at radius 2 is 2.29 bits per heavy atom. The second-order valence-corrected chi connectivity index (χ2v) is 4.79. The minimum absolute atomic E-state index is 0.0747. The molecule has 0 fully saturated rings. The molecule has 1 aromatic rings. The zero-order valence-corrected chi connectivity index (χ0v) is 11.1. The van der Waals surface area contributed by atoms with E-state index in [2.05, 4.69) is 21.2 Å². The summed E-state index contributed by atoms with van der Waals surface area (Å²) in [6.45, 7) is 3.38. The molecule has 0 heterocycles. The van der Waals surface area contributed by atoms with Gasteiger partial charge in [0.05, 0.1) is 11.6 Å². The van der Waals surface area contributed by atoms with Crippen LogP contribution in [0, 0.1) is 17.1 Å². The van der Waals surface area contributed by atoms with Crippen LogP contribution in [0.5, 0.6) is 0 Å². The molecule has 90 valence electrons. The number of carbonyl (C=O) groups excluding carboxylic acids is 1. The number of hydrogen-bond acceptors (Lipinski definition) is 2. The molecule has 1 N–H and O–H groups in total. The molecule has 0 aliphatic rings. The maximum atomic E-state index is 13.4. The number of nitrogens with one attached hydrogen (secondary N) is 1. The fraction of sp³-hybridized carbons (Fsp3) is 0.333. The van der Waals surface area contributed by atoms with Crippen LogP contribution in [0.15, 0.2) is 22.7 Å². The van der Waals surface area contributed by atoms with E-state index in [0.717, 1.165) is 0 Å². The van der Waals surface area contributed by atoms with Gasteiger partial charge in [0.15, 0.2) is 0 Å². The Labute approximate surface area is 108 Å². The molecule has 0 spiro atoms. The summed E-state index contributed by atoms with van der Waals surface area (Å²) >= 11 is 3.17. The summed E-state index contributed by atoms with van der Waals surface area (Å²) in [7, 11) is 0. The van der Waals surface area contributed by atoms with E-state index in [4.69, 9.17) is 5.26 Å². The standard InChI is InChI=1S/C12H12BrFN2O/c1-3-12(2,7-15)16-11(17)9-6-8(13)4-5-10(9)14/h4-6H,3H2,1-2H3,(H,16,17)/t12-/m1/s1. The molecule has 3 nitrogen and oxygen atoms in total. The SMILES string of the molecule is CC[C@](C)(C#N)NC(=O)c1cc(Br)ccc1F. The summed E-state index contributed by atoms with van der Waals surface area (Å²) in [5.74, 6) is -1.20. The van der Waals surface area contributed by atoms with E-state index in [1.165, 1.54) is 18.2 Å². The lowest BCUT2D eigenvalue weighted by molar-refractivity contribution is 0.0919. The zero-order chi connectivity index (χ0) is 13.1. The number of nitrogens with zero attached hydrogens (tertiary/aromatic N) is 1. The molecule has 0 bridgehead atoms. The van der Waals surface area contributed by atoms with Gasteiger partial charge >= 0.3 is 0 Å². The van der Waals surface area contributed by atoms with Crippen molar-refractivity contribution in [1.29, 1.82) is 5.26 Å². The third kappa shape index (κ3) is 3.27. The number of rotatable bonds is 3. The second kappa shape index (κ2) is 5.28. The molecule has 1 atom stereocenters. The van der Waals surface area contributed by atoms with E-state index in [1.807, 2.05) is 6.07 Å². The van der Waals surface area contributed by atoms with E-state index in [0.29, 0.717) is 10.9 Å². The third-order valence-electron chi connectivity index (χ3n) is 2.52. The Bertz CT molecular complexity index is 484. The van der Waals surface area contributed by atoms with Crippen molar-refractivity contribution in [1.82, 2.24) is 5.32 Å². The van der Waals surface area contributed by atoms with Crippen molar-refractivity contribution in [3.05, 3.63) is 34.1 Å². The highest BCUT2D eigenvalue weighted by atomic mass is 79.9. The molecule has 0 aliphatic carbocycles. The summed E-state index contributed by atoms with van der Waals surface area (Å²) in [4.78, 5) is 11.8. The number of carbonyl (C=O) groups is 1. The molecular weight excluding hydrogens is 287 g/mol. The van der Waals surface area contributed by atoms with E-state index >= 15 is 0 Å². The van der Waals surface area contributed by atoms with Crippen molar-refractivity contribution in [2.24, 2.45) is 0 Å². The monoisotopic (exact) mass is 298 g/mol. The maximum absolute atomic E-state index is 13.4. The van der Waals surface area contributed by atoms with Gasteiger partial charge in [-0.3, -0.25) is 4.79 Å². The quantitative estimate of drug-likeness (QED) is 0.932. The van der Waals surface area contributed by atoms with Gasteiger partial charge in [0.2, 0.25) is 0 Å². The first-order valence-corrected chi connectivity index (χ1v) is 5.90. The van der Waals surface area contributed by atoms with Gasteiger partial charge in [0.25, 0.3) is 5.91 Å². The molecular formula is C12H12BrFN2O. The molecule has 1 amide bonds. The molecule has 17 heavy (non-hydrogen) atoms. The van der Waals surface area contributed by atoms with Gasteiger partial charge < -0.3 is 5.32 Å². The van der Waals surface area contributed by atoms with Gasteiger partial charge in [-0.25, -0.2) is 4.39 Å². The van der Waals surface area contributed by atoms with Gasteiger partial charge in [-0.15, -0.1) is 0 Å². The highest BCUT2D eigenvalue weighted by Crippen LogP contribution is 2.17. The smallest absolute Gasteiger partial charge is 0.255 e. The fourth-order valence-electron chi connectivity index (χ4n) is 1.18. The molecule has 1 aromatic carbocycles. The van der Waals surface area contributed by atoms with Crippen molar-refractivity contribution < 1.29 is 9.18 Å². The summed E-state index contributed by atoms with van der Waals surface area (Å²) < 4.78 is 14.0. The lowest BCUT2D eigenvalue weighted by Crippen LogP contribution is -2.44. The van der Waals surface area contributed by atoms with E-state index in [9.17, 15) is 9.18 Å². The van der Waals surface area contributed by atoms with Crippen LogP contribution in [0.2, 0.25) is 0 Å². The normalized spacial score (nSPS) is 13.6. The number of amides is 1. The molecule has 0 radical (unpaired) electrons. The topological polar surface area (TPSA) is 52.9 Å². The molecule has 1 rings (SSSR count). The van der Waals surface area contributed by atoms with Gasteiger partial charge in [-0.2, -0.15) is 5.26 Å². The molecule has 0 saturated heterocycles. The Hall–Kier alpha value is -1.41. The molecule has 0 aliphatic heterocycles. The zero-order valence-electron chi connectivity index (χ0n) is 9.55. The highest BCUT2D eigenvalue weighted by molar-refractivity contribution is 9.10. The number of nitriles is 1. The Balaban J connectivity index is 2.99. The first kappa shape index (κ1) is 13.7. The van der Waals surface area contributed by atoms with Gasteiger partial charge in [0.1, 0.15) is 11.4 Å². The van der Waals surface area contributed by atoms with Crippen LogP contribution in [0.3, 0.4) is 0 Å². The summed E-state index contributed by atoms with van der Waals surface area (Å²) in [5.41, 5.74) is -1.06. The maximum Gasteiger partial charge on any atom is 0.255 e. The van der Waals surface area contributed by atoms with Crippen LogP contribution in [0.4, 0.5) is 4.39 Å². The van der Waals surface area contributed by atoms with Crippen LogP contribution in [-0.2, 0) is 0 Å². The number of hydrogen-bond donors (Lipinski definition) is 1. The van der Waals surface area contributed by atoms with Gasteiger partial charge in [-0.05, 0) is 31.5 Å². The average Bonchev–Trinajstić information content (AvgIpc) is 2.32. The average molecular weight is 299 g/mol. The minimum atomic E-state index is -0.980. The number of halogens is 2. The lowest BCUT2D eigenvalue weighted by atomic mass is 10.0. The lowest BCUT2D eigenvalue weighted by Gasteiger charge is -2.21. The van der Waals surface area contributed by atoms with Gasteiger partial charge in [-0.1, -0.05) is 22.9 Å². The summed E-state index contributed by atoms with van der Waals surface area (Å²) in [5, 5.41) is 11.5. The summed E-state index contributed by atoms with van der Waals surface area (Å²) in [6, 6.07) is 6.10. The largest absolute Gasteiger partial charge is 0.334 e. The van der Waals surface area contributed by atoms with E-state index in [-0.39, 0.29) is 5.56 Å². The molecule has 0 aromatic heterocycles. The van der Waals surface area contributed by atoms with Crippen LogP contribution < -0.4 is 5.32 Å². The second-order valence-electron chi connectivity index (χ2n) is 3.88. The van der Waals surface area contributed by atoms with E-state index < -0.39 is 17.3 Å². The van der Waals surface area contributed by atoms with Crippen LogP contribution in [-0.4, -0.2) is 11.4 Å². The van der Waals surface area contributed by atoms with Crippen LogP contribution in [0.25, 0.3) is 0 Å². The van der Waals surface area contributed by atoms with Crippen molar-refractivity contribution in [2.75, 3.05) is 0 Å². The van der Waals surface area contributed by atoms with E-state index in [1.54, 1.807) is 13.8 Å². The predicted octanol–water partition coefficient (Wildman–Crippen LogP) is 3.01. The fourth-order valence-corrected chi connectivity index (χ4v) is 1.55. The first-order chi connectivity index (χ1) is 7.91. The molecule has 0 saturated carbocycles. The summed E-state index contributed by atoms with van der Waals surface area (Å²) in [6.07, 6.45) is 0.449. The van der Waals surface area contributed by atoms with Crippen molar-refractivity contribution >= 4 is 21.8 Å². The van der Waals surface area contributed by atoms with Crippen molar-refractivity contribution in [3.8, 4) is 6.07 Å².